The number of carboxylic acids is 1. The van der Waals surface area contributed by atoms with Crippen molar-refractivity contribution in [3.8, 4) is 5.75 Å². The number of anilines is 1. The van der Waals surface area contributed by atoms with Gasteiger partial charge in [-0.1, -0.05) is 0 Å². The van der Waals surface area contributed by atoms with Crippen LogP contribution in [0.4, 0.5) is 19.0 Å². The van der Waals surface area contributed by atoms with Crippen molar-refractivity contribution >= 4 is 18.0 Å². The normalized spacial score (nSPS) is 12.8. The van der Waals surface area contributed by atoms with Gasteiger partial charge in [-0.25, -0.2) is 9.78 Å². The average Bonchev–Trinajstić information content (AvgIpc) is 2.56. The smallest absolute Gasteiger partial charge is 0.417 e. The number of halogens is 3. The van der Waals surface area contributed by atoms with Gasteiger partial charge >= 0.3 is 12.1 Å². The molecule has 1 aromatic heterocycles. The minimum absolute atomic E-state index is 0.166. The Morgan fingerprint density at radius 3 is 2.48 bits per heavy atom. The monoisotopic (exact) mass is 353 g/mol. The molecule has 1 atom stereocenters. The number of ether oxygens (including phenoxy) is 1. The molecule has 0 saturated carbocycles. The molecule has 0 spiro atoms. The number of carboxylic acid groups (broad SMARTS) is 1. The highest BCUT2D eigenvalue weighted by molar-refractivity contribution is 5.80. The van der Waals surface area contributed by atoms with Gasteiger partial charge in [0.25, 0.3) is 0 Å². The number of hydrazone groups is 1. The van der Waals surface area contributed by atoms with Crippen molar-refractivity contribution in [2.45, 2.75) is 19.2 Å². The van der Waals surface area contributed by atoms with E-state index < -0.39 is 23.8 Å². The van der Waals surface area contributed by atoms with Gasteiger partial charge in [-0.15, -0.1) is 0 Å². The van der Waals surface area contributed by atoms with E-state index in [0.717, 1.165) is 6.07 Å². The highest BCUT2D eigenvalue weighted by Crippen LogP contribution is 2.28. The van der Waals surface area contributed by atoms with Crippen molar-refractivity contribution < 1.29 is 27.8 Å². The molecular formula is C16H14F3N3O3. The van der Waals surface area contributed by atoms with E-state index in [1.807, 2.05) is 0 Å². The minimum Gasteiger partial charge on any atom is -0.479 e. The third-order valence-electron chi connectivity index (χ3n) is 3.02. The topological polar surface area (TPSA) is 83.8 Å². The molecule has 25 heavy (non-hydrogen) atoms. The zero-order valence-corrected chi connectivity index (χ0v) is 13.0. The Morgan fingerprint density at radius 1 is 1.28 bits per heavy atom. The number of nitrogens with one attached hydrogen (secondary N) is 1. The van der Waals surface area contributed by atoms with E-state index in [9.17, 15) is 18.0 Å². The summed E-state index contributed by atoms with van der Waals surface area (Å²) in [4.78, 5) is 14.3. The lowest BCUT2D eigenvalue weighted by molar-refractivity contribution is -0.144. The van der Waals surface area contributed by atoms with Crippen LogP contribution in [0.1, 0.15) is 18.1 Å². The van der Waals surface area contributed by atoms with E-state index in [2.05, 4.69) is 15.5 Å². The Labute approximate surface area is 141 Å². The SMILES string of the molecule is C[C@H](Oc1ccc(/C=N\Nc2ccc(C(F)(F)F)cn2)cc1)C(=O)O. The molecular weight excluding hydrogens is 339 g/mol. The van der Waals surface area contributed by atoms with Gasteiger partial charge in [0, 0.05) is 6.20 Å². The minimum atomic E-state index is -4.43. The van der Waals surface area contributed by atoms with E-state index in [1.54, 1.807) is 24.3 Å². The molecule has 0 aliphatic carbocycles. The molecule has 132 valence electrons. The van der Waals surface area contributed by atoms with Crippen LogP contribution in [0.25, 0.3) is 0 Å². The summed E-state index contributed by atoms with van der Waals surface area (Å²) < 4.78 is 42.4. The van der Waals surface area contributed by atoms with E-state index in [1.165, 1.54) is 19.2 Å². The number of hydrogen-bond donors (Lipinski definition) is 2. The molecule has 2 N–H and O–H groups in total. The zero-order chi connectivity index (χ0) is 18.4. The molecule has 1 aromatic carbocycles. The number of carbonyl (C=O) groups is 1. The first-order chi connectivity index (χ1) is 11.8. The van der Waals surface area contributed by atoms with Crippen molar-refractivity contribution in [3.05, 3.63) is 53.7 Å². The summed E-state index contributed by atoms with van der Waals surface area (Å²) in [6.07, 6.45) is -3.25. The molecule has 0 aliphatic rings. The van der Waals surface area contributed by atoms with Crippen LogP contribution < -0.4 is 10.2 Å². The van der Waals surface area contributed by atoms with Crippen LogP contribution in [0, 0.1) is 0 Å². The molecule has 0 fully saturated rings. The predicted octanol–water partition coefficient (Wildman–Crippen LogP) is 3.40. The second-order valence-electron chi connectivity index (χ2n) is 4.97. The maximum Gasteiger partial charge on any atom is 0.417 e. The number of aromatic nitrogens is 1. The van der Waals surface area contributed by atoms with Crippen LogP contribution in [-0.2, 0) is 11.0 Å². The van der Waals surface area contributed by atoms with E-state index in [4.69, 9.17) is 9.84 Å². The summed E-state index contributed by atoms with van der Waals surface area (Å²) in [5.41, 5.74) is 2.35. The number of hydrogen-bond acceptors (Lipinski definition) is 5. The number of aliphatic carboxylic acids is 1. The maximum atomic E-state index is 12.4. The summed E-state index contributed by atoms with van der Waals surface area (Å²) >= 11 is 0. The van der Waals surface area contributed by atoms with Crippen LogP contribution in [0.2, 0.25) is 0 Å². The number of alkyl halides is 3. The standard InChI is InChI=1S/C16H14F3N3O3/c1-10(15(23)24)25-13-5-2-11(3-6-13)8-21-22-14-7-4-12(9-20-14)16(17,18)19/h2-10H,1H3,(H,20,22)(H,23,24)/b21-8-/t10-/m0/s1. The fraction of sp³-hybridized carbons (Fsp3) is 0.188. The lowest BCUT2D eigenvalue weighted by atomic mass is 10.2. The van der Waals surface area contributed by atoms with Gasteiger partial charge < -0.3 is 9.84 Å². The van der Waals surface area contributed by atoms with Gasteiger partial charge in [0.2, 0.25) is 0 Å². The quantitative estimate of drug-likeness (QED) is 0.614. The van der Waals surface area contributed by atoms with Crippen LogP contribution in [0.15, 0.2) is 47.7 Å². The first-order valence-corrected chi connectivity index (χ1v) is 7.07. The predicted molar refractivity (Wildman–Crippen MR) is 84.6 cm³/mol. The fourth-order valence-electron chi connectivity index (χ4n) is 1.69. The Balaban J connectivity index is 1.92. The summed E-state index contributed by atoms with van der Waals surface area (Å²) in [6.45, 7) is 1.42. The third-order valence-corrected chi connectivity index (χ3v) is 3.02. The number of benzene rings is 1. The van der Waals surface area contributed by atoms with Crippen LogP contribution in [0.3, 0.4) is 0 Å². The van der Waals surface area contributed by atoms with Crippen molar-refractivity contribution in [2.75, 3.05) is 5.43 Å². The highest BCUT2D eigenvalue weighted by Gasteiger charge is 2.30. The lowest BCUT2D eigenvalue weighted by Gasteiger charge is -2.09. The largest absolute Gasteiger partial charge is 0.479 e. The summed E-state index contributed by atoms with van der Waals surface area (Å²) in [5, 5.41) is 12.6. The van der Waals surface area contributed by atoms with Crippen molar-refractivity contribution in [3.63, 3.8) is 0 Å². The molecule has 0 radical (unpaired) electrons. The van der Waals surface area contributed by atoms with Crippen molar-refractivity contribution in [2.24, 2.45) is 5.10 Å². The molecule has 6 nitrogen and oxygen atoms in total. The van der Waals surface area contributed by atoms with Gasteiger partial charge in [0.15, 0.2) is 6.10 Å². The number of nitrogens with zero attached hydrogens (tertiary/aromatic N) is 2. The second-order valence-corrected chi connectivity index (χ2v) is 4.97. The first kappa shape index (κ1) is 18.2. The Kier molecular flexibility index (Phi) is 5.58. The molecule has 0 saturated heterocycles. The van der Waals surface area contributed by atoms with Crippen LogP contribution >= 0.6 is 0 Å². The first-order valence-electron chi connectivity index (χ1n) is 7.07. The van der Waals surface area contributed by atoms with E-state index in [-0.39, 0.29) is 5.82 Å². The highest BCUT2D eigenvalue weighted by atomic mass is 19.4. The second kappa shape index (κ2) is 7.65. The van der Waals surface area contributed by atoms with Crippen LogP contribution in [-0.4, -0.2) is 28.4 Å². The van der Waals surface area contributed by atoms with Gasteiger partial charge in [-0.05, 0) is 48.9 Å². The molecule has 2 aromatic rings. The summed E-state index contributed by atoms with van der Waals surface area (Å²) in [5.74, 6) is -0.511. The maximum absolute atomic E-state index is 12.4. The molecule has 0 unspecified atom stereocenters. The van der Waals surface area contributed by atoms with Gasteiger partial charge in [-0.3, -0.25) is 5.43 Å². The average molecular weight is 353 g/mol. The molecule has 0 amide bonds. The molecule has 0 aliphatic heterocycles. The van der Waals surface area contributed by atoms with E-state index >= 15 is 0 Å². The van der Waals surface area contributed by atoms with Crippen molar-refractivity contribution in [1.82, 2.24) is 4.98 Å². The summed E-state index contributed by atoms with van der Waals surface area (Å²) in [6, 6.07) is 8.53. The number of rotatable bonds is 6. The Morgan fingerprint density at radius 2 is 1.96 bits per heavy atom. The third kappa shape index (κ3) is 5.48. The van der Waals surface area contributed by atoms with Gasteiger partial charge in [-0.2, -0.15) is 18.3 Å². The van der Waals surface area contributed by atoms with Gasteiger partial charge in [0.1, 0.15) is 11.6 Å². The van der Waals surface area contributed by atoms with Crippen LogP contribution in [0.5, 0.6) is 5.75 Å². The summed E-state index contributed by atoms with van der Waals surface area (Å²) in [7, 11) is 0. The number of pyridine rings is 1. The molecule has 9 heteroatoms. The Hall–Kier alpha value is -3.10. The van der Waals surface area contributed by atoms with E-state index in [0.29, 0.717) is 17.5 Å². The van der Waals surface area contributed by atoms with Crippen molar-refractivity contribution in [1.29, 1.82) is 0 Å². The fourth-order valence-corrected chi connectivity index (χ4v) is 1.69. The Bertz CT molecular complexity index is 744. The molecule has 0 bridgehead atoms. The zero-order valence-electron chi connectivity index (χ0n) is 13.0. The molecule has 2 rings (SSSR count). The van der Waals surface area contributed by atoms with Gasteiger partial charge in [0.05, 0.1) is 11.8 Å². The molecule has 1 heterocycles. The lowest BCUT2D eigenvalue weighted by Crippen LogP contribution is -2.22.